The van der Waals surface area contributed by atoms with E-state index in [0.717, 1.165) is 6.42 Å². The molecule has 1 saturated heterocycles. The van der Waals surface area contributed by atoms with Gasteiger partial charge in [0.2, 0.25) is 0 Å². The van der Waals surface area contributed by atoms with E-state index in [-0.39, 0.29) is 5.92 Å². The topological polar surface area (TPSA) is 23.8 Å². The fourth-order valence-corrected chi connectivity index (χ4v) is 4.28. The highest BCUT2D eigenvalue weighted by Crippen LogP contribution is 2.77. The van der Waals surface area contributed by atoms with E-state index in [0.29, 0.717) is 5.75 Å². The lowest BCUT2D eigenvalue weighted by atomic mass is 9.95. The molecule has 0 amide bonds. The first-order valence-corrected chi connectivity index (χ1v) is 5.97. The molecule has 1 aliphatic rings. The first kappa shape index (κ1) is 8.86. The number of hydrogen-bond acceptors (Lipinski definition) is 1. The largest absolute Gasteiger partial charge is 0.197 e. The highest BCUT2D eigenvalue weighted by atomic mass is 32.3. The van der Waals surface area contributed by atoms with Crippen molar-refractivity contribution in [2.45, 2.75) is 25.0 Å². The Morgan fingerprint density at radius 3 is 2.36 bits per heavy atom. The molecule has 1 rings (SSSR count). The maximum atomic E-state index is 13.4. The summed E-state index contributed by atoms with van der Waals surface area (Å²) in [6.45, 7) is 3.98. The van der Waals surface area contributed by atoms with E-state index in [9.17, 15) is 3.89 Å². The fourth-order valence-electron chi connectivity index (χ4n) is 1.50. The molecule has 0 aliphatic carbocycles. The van der Waals surface area contributed by atoms with Crippen molar-refractivity contribution >= 4 is 10.4 Å². The number of hydrogen-bond donors (Lipinski definition) is 0. The molecule has 0 aromatic heterocycles. The van der Waals surface area contributed by atoms with Crippen LogP contribution in [0.3, 0.4) is 0 Å². The molecule has 11 heavy (non-hydrogen) atoms. The molecule has 0 N–H and O–H groups in total. The predicted octanol–water partition coefficient (Wildman–Crippen LogP) is 2.63. The Kier molecular flexibility index (Phi) is 1.92. The standard InChI is InChI=1S/C8H14FNS/c1-4-7(2)8(5-10)6-11(8,3)9/h7H,4,6H2,1-3H3. The van der Waals surface area contributed by atoms with Gasteiger partial charge in [-0.2, -0.15) is 9.15 Å². The van der Waals surface area contributed by atoms with Gasteiger partial charge in [-0.3, -0.25) is 0 Å². The van der Waals surface area contributed by atoms with Gasteiger partial charge in [0, 0.05) is 5.75 Å². The average Bonchev–Trinajstić information content (AvgIpc) is 2.53. The van der Waals surface area contributed by atoms with Crippen molar-refractivity contribution in [3.8, 4) is 6.07 Å². The van der Waals surface area contributed by atoms with E-state index < -0.39 is 15.2 Å². The van der Waals surface area contributed by atoms with Crippen molar-refractivity contribution in [2.24, 2.45) is 5.92 Å². The Labute approximate surface area is 69.2 Å². The molecule has 0 spiro atoms. The second-order valence-electron chi connectivity index (χ2n) is 3.43. The Hall–Kier alpha value is -0.230. The zero-order valence-electron chi connectivity index (χ0n) is 7.22. The molecule has 0 aromatic carbocycles. The monoisotopic (exact) mass is 175 g/mol. The minimum atomic E-state index is -2.04. The van der Waals surface area contributed by atoms with Crippen molar-refractivity contribution < 1.29 is 3.89 Å². The lowest BCUT2D eigenvalue weighted by molar-refractivity contribution is 0.522. The zero-order valence-corrected chi connectivity index (χ0v) is 8.04. The molecular formula is C8H14FNS. The molecule has 0 aromatic rings. The second kappa shape index (κ2) is 2.38. The van der Waals surface area contributed by atoms with Gasteiger partial charge in [-0.25, -0.2) is 0 Å². The van der Waals surface area contributed by atoms with Crippen LogP contribution in [0.15, 0.2) is 0 Å². The lowest BCUT2D eigenvalue weighted by Gasteiger charge is -2.17. The van der Waals surface area contributed by atoms with Crippen LogP contribution in [0.2, 0.25) is 0 Å². The van der Waals surface area contributed by atoms with Crippen LogP contribution in [0.25, 0.3) is 0 Å². The molecule has 1 heterocycles. The minimum Gasteiger partial charge on any atom is -0.197 e. The number of nitriles is 1. The van der Waals surface area contributed by atoms with Crippen molar-refractivity contribution in [3.05, 3.63) is 0 Å². The maximum Gasteiger partial charge on any atom is 0.124 e. The van der Waals surface area contributed by atoms with E-state index in [1.54, 1.807) is 6.26 Å². The molecule has 3 unspecified atom stereocenters. The molecule has 1 nitrogen and oxygen atoms in total. The second-order valence-corrected chi connectivity index (χ2v) is 6.41. The van der Waals surface area contributed by atoms with Crippen LogP contribution < -0.4 is 0 Å². The molecular weight excluding hydrogens is 161 g/mol. The summed E-state index contributed by atoms with van der Waals surface area (Å²) >= 11 is 0. The van der Waals surface area contributed by atoms with Gasteiger partial charge in [-0.05, 0) is 12.2 Å². The van der Waals surface area contributed by atoms with Crippen LogP contribution in [0, 0.1) is 17.2 Å². The van der Waals surface area contributed by atoms with Crippen molar-refractivity contribution in [1.82, 2.24) is 0 Å². The third-order valence-electron chi connectivity index (χ3n) is 2.75. The Bertz CT molecular complexity index is 209. The van der Waals surface area contributed by atoms with Gasteiger partial charge in [-0.15, -0.1) is 0 Å². The third kappa shape index (κ3) is 1.04. The molecule has 1 fully saturated rings. The highest BCUT2D eigenvalue weighted by Gasteiger charge is 2.65. The summed E-state index contributed by atoms with van der Waals surface area (Å²) in [6, 6.07) is 2.16. The first-order chi connectivity index (χ1) is 5.00. The maximum absolute atomic E-state index is 13.4. The van der Waals surface area contributed by atoms with Crippen LogP contribution in [0.4, 0.5) is 3.89 Å². The Morgan fingerprint density at radius 1 is 1.82 bits per heavy atom. The van der Waals surface area contributed by atoms with Crippen LogP contribution in [0.1, 0.15) is 20.3 Å². The Morgan fingerprint density at radius 2 is 2.27 bits per heavy atom. The molecule has 1 aliphatic heterocycles. The van der Waals surface area contributed by atoms with Gasteiger partial charge in [0.1, 0.15) is 4.75 Å². The van der Waals surface area contributed by atoms with Crippen molar-refractivity contribution in [1.29, 1.82) is 5.26 Å². The summed E-state index contributed by atoms with van der Waals surface area (Å²) in [5, 5.41) is 8.82. The van der Waals surface area contributed by atoms with Gasteiger partial charge < -0.3 is 0 Å². The fraction of sp³-hybridized carbons (Fsp3) is 0.875. The van der Waals surface area contributed by atoms with Gasteiger partial charge in [0.05, 0.1) is 6.07 Å². The van der Waals surface area contributed by atoms with Crippen LogP contribution >= 0.6 is 10.4 Å². The normalized spacial score (nSPS) is 50.5. The SMILES string of the molecule is CCC(C)C1(C#N)CS1(C)F. The van der Waals surface area contributed by atoms with Crippen LogP contribution in [-0.4, -0.2) is 16.8 Å². The van der Waals surface area contributed by atoms with E-state index in [1.165, 1.54) is 0 Å². The number of halogens is 1. The summed E-state index contributed by atoms with van der Waals surface area (Å²) in [4.78, 5) is 0. The van der Waals surface area contributed by atoms with E-state index in [4.69, 9.17) is 5.26 Å². The molecule has 0 saturated carbocycles. The van der Waals surface area contributed by atoms with E-state index in [2.05, 4.69) is 6.07 Å². The van der Waals surface area contributed by atoms with Crippen molar-refractivity contribution in [2.75, 3.05) is 12.0 Å². The molecule has 64 valence electrons. The highest BCUT2D eigenvalue weighted by molar-refractivity contribution is 8.36. The summed E-state index contributed by atoms with van der Waals surface area (Å²) in [6.07, 6.45) is 2.52. The third-order valence-corrected chi connectivity index (χ3v) is 5.56. The lowest BCUT2D eigenvalue weighted by Crippen LogP contribution is -2.18. The number of rotatable bonds is 2. The average molecular weight is 175 g/mol. The molecule has 0 radical (unpaired) electrons. The van der Waals surface area contributed by atoms with E-state index in [1.807, 2.05) is 13.8 Å². The van der Waals surface area contributed by atoms with Gasteiger partial charge >= 0.3 is 0 Å². The van der Waals surface area contributed by atoms with Crippen LogP contribution in [-0.2, 0) is 0 Å². The van der Waals surface area contributed by atoms with Gasteiger partial charge in [-0.1, -0.05) is 30.7 Å². The summed E-state index contributed by atoms with van der Waals surface area (Å²) in [5.74, 6) is 0.725. The smallest absolute Gasteiger partial charge is 0.124 e. The van der Waals surface area contributed by atoms with E-state index >= 15 is 0 Å². The zero-order chi connectivity index (χ0) is 8.70. The van der Waals surface area contributed by atoms with Gasteiger partial charge in [0.25, 0.3) is 0 Å². The molecule has 0 bridgehead atoms. The quantitative estimate of drug-likeness (QED) is 0.592. The number of nitrogens with zero attached hydrogens (tertiary/aromatic N) is 1. The van der Waals surface area contributed by atoms with Gasteiger partial charge in [0.15, 0.2) is 0 Å². The first-order valence-electron chi connectivity index (χ1n) is 3.86. The minimum absolute atomic E-state index is 0.220. The van der Waals surface area contributed by atoms with Crippen LogP contribution in [0.5, 0.6) is 0 Å². The Balaban J connectivity index is 2.77. The predicted molar refractivity (Wildman–Crippen MR) is 47.3 cm³/mol. The summed E-state index contributed by atoms with van der Waals surface area (Å²) in [5.41, 5.74) is 0. The van der Waals surface area contributed by atoms with Crippen molar-refractivity contribution in [3.63, 3.8) is 0 Å². The summed E-state index contributed by atoms with van der Waals surface area (Å²) in [7, 11) is -2.04. The molecule has 3 atom stereocenters. The summed E-state index contributed by atoms with van der Waals surface area (Å²) < 4.78 is 12.8. The molecule has 3 heteroatoms.